The van der Waals surface area contributed by atoms with E-state index in [9.17, 15) is 4.79 Å². The number of aryl methyl sites for hydroxylation is 1. The molecule has 1 aromatic heterocycles. The van der Waals surface area contributed by atoms with Crippen LogP contribution in [0.5, 0.6) is 0 Å². The van der Waals surface area contributed by atoms with E-state index in [0.29, 0.717) is 5.91 Å². The van der Waals surface area contributed by atoms with Crippen molar-refractivity contribution in [1.29, 1.82) is 0 Å². The molecule has 2 saturated heterocycles. The molecular formula is C16H25N3O2. The Morgan fingerprint density at radius 3 is 2.57 bits per heavy atom. The van der Waals surface area contributed by atoms with Crippen LogP contribution in [0.4, 0.5) is 0 Å². The summed E-state index contributed by atoms with van der Waals surface area (Å²) in [5.74, 6) is 1.55. The summed E-state index contributed by atoms with van der Waals surface area (Å²) in [7, 11) is 0. The number of amides is 1. The highest BCUT2D eigenvalue weighted by Crippen LogP contribution is 2.23. The van der Waals surface area contributed by atoms with Gasteiger partial charge in [-0.15, -0.1) is 0 Å². The van der Waals surface area contributed by atoms with Gasteiger partial charge in [-0.3, -0.25) is 9.69 Å². The Morgan fingerprint density at radius 1 is 1.24 bits per heavy atom. The number of carbonyl (C=O) groups excluding carboxylic acids is 1. The number of nitrogens with zero attached hydrogens (tertiary/aromatic N) is 3. The lowest BCUT2D eigenvalue weighted by Gasteiger charge is -2.35. The molecule has 3 rings (SSSR count). The molecule has 0 aromatic carbocycles. The second-order valence-electron chi connectivity index (χ2n) is 6.37. The summed E-state index contributed by atoms with van der Waals surface area (Å²) in [4.78, 5) is 16.9. The van der Waals surface area contributed by atoms with Crippen LogP contribution in [0.25, 0.3) is 0 Å². The minimum absolute atomic E-state index is 0.232. The van der Waals surface area contributed by atoms with Gasteiger partial charge in [-0.2, -0.15) is 0 Å². The van der Waals surface area contributed by atoms with Gasteiger partial charge in [0, 0.05) is 25.1 Å². The average Bonchev–Trinajstić information content (AvgIpc) is 2.93. The maximum absolute atomic E-state index is 12.5. The van der Waals surface area contributed by atoms with Crippen LogP contribution in [0.1, 0.15) is 43.6 Å². The van der Waals surface area contributed by atoms with E-state index in [1.54, 1.807) is 0 Å². The Kier molecular flexibility index (Phi) is 4.58. The van der Waals surface area contributed by atoms with Crippen LogP contribution in [0, 0.1) is 12.8 Å². The van der Waals surface area contributed by atoms with Crippen molar-refractivity contribution in [2.45, 2.75) is 45.6 Å². The molecule has 0 spiro atoms. The lowest BCUT2D eigenvalue weighted by molar-refractivity contribution is -0.138. The Hall–Kier alpha value is -1.36. The molecule has 0 bridgehead atoms. The Balaban J connectivity index is 1.47. The lowest BCUT2D eigenvalue weighted by atomic mass is 9.94. The molecule has 2 aliphatic rings. The van der Waals surface area contributed by atoms with Crippen molar-refractivity contribution in [3.8, 4) is 0 Å². The molecule has 0 atom stereocenters. The van der Waals surface area contributed by atoms with Crippen molar-refractivity contribution in [3.05, 3.63) is 17.5 Å². The Bertz CT molecular complexity index is 472. The van der Waals surface area contributed by atoms with E-state index in [1.807, 2.05) is 13.0 Å². The Labute approximate surface area is 126 Å². The van der Waals surface area contributed by atoms with E-state index >= 15 is 0 Å². The highest BCUT2D eigenvalue weighted by molar-refractivity contribution is 5.79. The second-order valence-corrected chi connectivity index (χ2v) is 6.37. The fourth-order valence-electron chi connectivity index (χ4n) is 3.42. The van der Waals surface area contributed by atoms with Crippen LogP contribution in [-0.4, -0.2) is 47.0 Å². The van der Waals surface area contributed by atoms with Crippen molar-refractivity contribution >= 4 is 5.91 Å². The topological polar surface area (TPSA) is 49.6 Å². The fourth-order valence-corrected chi connectivity index (χ4v) is 3.42. The summed E-state index contributed by atoms with van der Waals surface area (Å²) in [6.07, 6.45) is 5.58. The van der Waals surface area contributed by atoms with Gasteiger partial charge in [0.1, 0.15) is 0 Å². The second kappa shape index (κ2) is 6.60. The summed E-state index contributed by atoms with van der Waals surface area (Å²) >= 11 is 0. The largest absolute Gasteiger partial charge is 0.360 e. The van der Waals surface area contributed by atoms with Crippen LogP contribution in [0.3, 0.4) is 0 Å². The number of aromatic nitrogens is 1. The number of carbonyl (C=O) groups is 1. The van der Waals surface area contributed by atoms with E-state index in [4.69, 9.17) is 4.52 Å². The van der Waals surface area contributed by atoms with Crippen molar-refractivity contribution in [3.63, 3.8) is 0 Å². The van der Waals surface area contributed by atoms with E-state index < -0.39 is 0 Å². The molecule has 2 aliphatic heterocycles. The molecule has 0 saturated carbocycles. The quantitative estimate of drug-likeness (QED) is 0.856. The van der Waals surface area contributed by atoms with Crippen LogP contribution in [-0.2, 0) is 11.3 Å². The minimum atomic E-state index is 0.232. The zero-order valence-electron chi connectivity index (χ0n) is 12.9. The van der Waals surface area contributed by atoms with Gasteiger partial charge in [0.15, 0.2) is 5.76 Å². The monoisotopic (exact) mass is 291 g/mol. The summed E-state index contributed by atoms with van der Waals surface area (Å²) < 4.78 is 5.27. The highest BCUT2D eigenvalue weighted by Gasteiger charge is 2.29. The van der Waals surface area contributed by atoms with E-state index in [-0.39, 0.29) is 5.92 Å². The molecule has 0 N–H and O–H groups in total. The third-order valence-electron chi connectivity index (χ3n) is 4.66. The molecule has 21 heavy (non-hydrogen) atoms. The van der Waals surface area contributed by atoms with Gasteiger partial charge in [0.25, 0.3) is 0 Å². The van der Waals surface area contributed by atoms with Crippen LogP contribution in [0.15, 0.2) is 10.6 Å². The number of piperidine rings is 2. The number of rotatable bonds is 3. The molecule has 116 valence electrons. The summed E-state index contributed by atoms with van der Waals surface area (Å²) in [5, 5.41) is 3.92. The van der Waals surface area contributed by atoms with E-state index in [0.717, 1.165) is 57.0 Å². The van der Waals surface area contributed by atoms with E-state index in [1.165, 1.54) is 19.3 Å². The molecule has 1 amide bonds. The normalized spacial score (nSPS) is 21.7. The Morgan fingerprint density at radius 2 is 1.95 bits per heavy atom. The standard InChI is InChI=1S/C16H25N3O2/c1-13-11-15(21-17-13)12-18-9-5-14(6-10-18)16(20)19-7-3-2-4-8-19/h11,14H,2-10,12H2,1H3. The van der Waals surface area contributed by atoms with Crippen molar-refractivity contribution in [2.75, 3.05) is 26.2 Å². The third kappa shape index (κ3) is 3.64. The van der Waals surface area contributed by atoms with Gasteiger partial charge in [-0.1, -0.05) is 5.16 Å². The zero-order valence-corrected chi connectivity index (χ0v) is 12.9. The first-order chi connectivity index (χ1) is 10.2. The molecular weight excluding hydrogens is 266 g/mol. The molecule has 2 fully saturated rings. The first-order valence-electron chi connectivity index (χ1n) is 8.16. The number of hydrogen-bond acceptors (Lipinski definition) is 4. The van der Waals surface area contributed by atoms with Crippen molar-refractivity contribution in [1.82, 2.24) is 15.0 Å². The molecule has 3 heterocycles. The summed E-state index contributed by atoms with van der Waals surface area (Å²) in [5.41, 5.74) is 0.931. The van der Waals surface area contributed by atoms with Gasteiger partial charge in [-0.25, -0.2) is 0 Å². The van der Waals surface area contributed by atoms with Gasteiger partial charge < -0.3 is 9.42 Å². The summed E-state index contributed by atoms with van der Waals surface area (Å²) in [6.45, 7) is 6.64. The molecule has 5 nitrogen and oxygen atoms in total. The van der Waals surface area contributed by atoms with E-state index in [2.05, 4.69) is 15.0 Å². The van der Waals surface area contributed by atoms with Crippen LogP contribution < -0.4 is 0 Å². The SMILES string of the molecule is Cc1cc(CN2CCC(C(=O)N3CCCCC3)CC2)on1. The lowest BCUT2D eigenvalue weighted by Crippen LogP contribution is -2.44. The van der Waals surface area contributed by atoms with Gasteiger partial charge >= 0.3 is 0 Å². The average molecular weight is 291 g/mol. The van der Waals surface area contributed by atoms with Gasteiger partial charge in [0.2, 0.25) is 5.91 Å². The molecule has 5 heteroatoms. The predicted octanol–water partition coefficient (Wildman–Crippen LogP) is 2.21. The zero-order chi connectivity index (χ0) is 14.7. The fraction of sp³-hybridized carbons (Fsp3) is 0.750. The van der Waals surface area contributed by atoms with Gasteiger partial charge in [0.05, 0.1) is 12.2 Å². The summed E-state index contributed by atoms with van der Waals surface area (Å²) in [6, 6.07) is 1.99. The predicted molar refractivity (Wildman–Crippen MR) is 79.7 cm³/mol. The molecule has 1 aromatic rings. The molecule has 0 aliphatic carbocycles. The number of likely N-dealkylation sites (tertiary alicyclic amines) is 2. The maximum Gasteiger partial charge on any atom is 0.225 e. The maximum atomic E-state index is 12.5. The smallest absolute Gasteiger partial charge is 0.225 e. The first kappa shape index (κ1) is 14.6. The van der Waals surface area contributed by atoms with Crippen molar-refractivity contribution in [2.24, 2.45) is 5.92 Å². The first-order valence-corrected chi connectivity index (χ1v) is 8.16. The molecule has 0 unspecified atom stereocenters. The van der Waals surface area contributed by atoms with Crippen LogP contribution >= 0.6 is 0 Å². The third-order valence-corrected chi connectivity index (χ3v) is 4.66. The number of hydrogen-bond donors (Lipinski definition) is 0. The van der Waals surface area contributed by atoms with Gasteiger partial charge in [-0.05, 0) is 52.1 Å². The van der Waals surface area contributed by atoms with Crippen molar-refractivity contribution < 1.29 is 9.32 Å². The highest BCUT2D eigenvalue weighted by atomic mass is 16.5. The minimum Gasteiger partial charge on any atom is -0.360 e. The van der Waals surface area contributed by atoms with Crippen LogP contribution in [0.2, 0.25) is 0 Å². The molecule has 0 radical (unpaired) electrons.